The smallest absolute Gasteiger partial charge is 0.265 e. The molecule has 0 aromatic heterocycles. The van der Waals surface area contributed by atoms with Crippen molar-refractivity contribution in [2.45, 2.75) is 39.4 Å². The van der Waals surface area contributed by atoms with Gasteiger partial charge in [0, 0.05) is 5.69 Å². The van der Waals surface area contributed by atoms with Crippen LogP contribution in [-0.4, -0.2) is 18.1 Å². The van der Waals surface area contributed by atoms with Crippen molar-refractivity contribution in [2.75, 3.05) is 5.32 Å². The van der Waals surface area contributed by atoms with Gasteiger partial charge in [0.2, 0.25) is 0 Å². The molecule has 128 valence electrons. The van der Waals surface area contributed by atoms with Crippen molar-refractivity contribution < 1.29 is 14.3 Å². The lowest BCUT2D eigenvalue weighted by atomic mass is 10.2. The topological polar surface area (TPSA) is 47.6 Å². The minimum atomic E-state index is -0.614. The molecule has 0 aliphatic rings. The number of hydrogen-bond acceptors (Lipinski definition) is 3. The summed E-state index contributed by atoms with van der Waals surface area (Å²) in [5, 5.41) is 3.34. The summed E-state index contributed by atoms with van der Waals surface area (Å²) in [4.78, 5) is 12.4. The van der Waals surface area contributed by atoms with Crippen LogP contribution in [-0.2, 0) is 4.79 Å². The van der Waals surface area contributed by atoms with E-state index in [1.165, 1.54) is 0 Å². The monoisotopic (exact) mass is 347 g/mol. The Hall–Kier alpha value is -2.20. The van der Waals surface area contributed by atoms with Gasteiger partial charge in [-0.15, -0.1) is 0 Å². The number of ether oxygens (including phenoxy) is 2. The molecule has 0 saturated carbocycles. The molecular formula is C19H22ClNO3. The molecule has 24 heavy (non-hydrogen) atoms. The molecule has 0 aliphatic heterocycles. The van der Waals surface area contributed by atoms with Crippen molar-refractivity contribution in [2.24, 2.45) is 0 Å². The zero-order valence-electron chi connectivity index (χ0n) is 14.1. The summed E-state index contributed by atoms with van der Waals surface area (Å²) in [6.07, 6.45) is 0.0291. The van der Waals surface area contributed by atoms with Crippen molar-refractivity contribution in [1.29, 1.82) is 0 Å². The maximum absolute atomic E-state index is 12.4. The second-order valence-electron chi connectivity index (χ2n) is 5.63. The van der Waals surface area contributed by atoms with Crippen LogP contribution in [0.2, 0.25) is 5.02 Å². The van der Waals surface area contributed by atoms with Crippen molar-refractivity contribution in [3.05, 3.63) is 53.6 Å². The molecule has 1 amide bonds. The molecule has 0 aliphatic carbocycles. The quantitative estimate of drug-likeness (QED) is 0.773. The van der Waals surface area contributed by atoms with E-state index in [0.717, 1.165) is 5.75 Å². The molecule has 2 aromatic carbocycles. The van der Waals surface area contributed by atoms with Crippen molar-refractivity contribution in [3.8, 4) is 11.5 Å². The summed E-state index contributed by atoms with van der Waals surface area (Å²) in [7, 11) is 0. The van der Waals surface area contributed by atoms with Crippen molar-refractivity contribution in [3.63, 3.8) is 0 Å². The van der Waals surface area contributed by atoms with Gasteiger partial charge in [-0.25, -0.2) is 0 Å². The number of rotatable bonds is 7. The number of anilines is 1. The normalized spacial score (nSPS) is 11.9. The van der Waals surface area contributed by atoms with Crippen LogP contribution < -0.4 is 14.8 Å². The van der Waals surface area contributed by atoms with E-state index in [0.29, 0.717) is 22.9 Å². The highest BCUT2D eigenvalue weighted by Gasteiger charge is 2.19. The van der Waals surface area contributed by atoms with Crippen LogP contribution in [0.5, 0.6) is 11.5 Å². The van der Waals surface area contributed by atoms with Gasteiger partial charge in [0.25, 0.3) is 5.91 Å². The summed E-state index contributed by atoms with van der Waals surface area (Å²) in [5.41, 5.74) is 0.692. The highest BCUT2D eigenvalue weighted by atomic mass is 35.5. The molecule has 0 radical (unpaired) electrons. The minimum absolute atomic E-state index is 0.110. The van der Waals surface area contributed by atoms with E-state index in [4.69, 9.17) is 21.1 Å². The average Bonchev–Trinajstić information content (AvgIpc) is 2.55. The zero-order valence-corrected chi connectivity index (χ0v) is 14.8. The van der Waals surface area contributed by atoms with Crippen LogP contribution in [0, 0.1) is 0 Å². The summed E-state index contributed by atoms with van der Waals surface area (Å²) in [6, 6.07) is 14.4. The van der Waals surface area contributed by atoms with E-state index in [2.05, 4.69) is 5.32 Å². The molecule has 0 bridgehead atoms. The SMILES string of the molecule is CC[C@H](Oc1ccccc1Cl)C(=O)Nc1ccc(OC(C)C)cc1. The van der Waals surface area contributed by atoms with Crippen LogP contribution >= 0.6 is 11.6 Å². The molecule has 0 spiro atoms. The predicted molar refractivity (Wildman–Crippen MR) is 97.0 cm³/mol. The molecule has 2 rings (SSSR count). The van der Waals surface area contributed by atoms with Gasteiger partial charge >= 0.3 is 0 Å². The van der Waals surface area contributed by atoms with Gasteiger partial charge in [0.1, 0.15) is 11.5 Å². The van der Waals surface area contributed by atoms with Gasteiger partial charge in [-0.3, -0.25) is 4.79 Å². The fourth-order valence-corrected chi connectivity index (χ4v) is 2.31. The first-order chi connectivity index (χ1) is 11.5. The lowest BCUT2D eigenvalue weighted by Gasteiger charge is -2.18. The van der Waals surface area contributed by atoms with Crippen molar-refractivity contribution in [1.82, 2.24) is 0 Å². The number of amides is 1. The second kappa shape index (κ2) is 8.60. The van der Waals surface area contributed by atoms with E-state index in [1.807, 2.05) is 45.0 Å². The molecule has 4 nitrogen and oxygen atoms in total. The van der Waals surface area contributed by atoms with Gasteiger partial charge in [-0.05, 0) is 56.7 Å². The first-order valence-electron chi connectivity index (χ1n) is 7.98. The third-order valence-electron chi connectivity index (χ3n) is 3.26. The fraction of sp³-hybridized carbons (Fsp3) is 0.316. The maximum Gasteiger partial charge on any atom is 0.265 e. The molecule has 0 fully saturated rings. The number of benzene rings is 2. The Morgan fingerprint density at radius 1 is 1.08 bits per heavy atom. The molecule has 5 heteroatoms. The summed E-state index contributed by atoms with van der Waals surface area (Å²) in [5.74, 6) is 1.05. The Balaban J connectivity index is 2.00. The van der Waals surface area contributed by atoms with Crippen LogP contribution in [0.1, 0.15) is 27.2 Å². The number of halogens is 1. The zero-order chi connectivity index (χ0) is 17.5. The third-order valence-corrected chi connectivity index (χ3v) is 3.57. The van der Waals surface area contributed by atoms with Crippen LogP contribution in [0.15, 0.2) is 48.5 Å². The molecule has 2 aromatic rings. The van der Waals surface area contributed by atoms with Gasteiger partial charge in [-0.2, -0.15) is 0 Å². The largest absolute Gasteiger partial charge is 0.491 e. The van der Waals surface area contributed by atoms with Crippen molar-refractivity contribution >= 4 is 23.2 Å². The Morgan fingerprint density at radius 3 is 2.33 bits per heavy atom. The Bertz CT molecular complexity index is 671. The van der Waals surface area contributed by atoms with Gasteiger partial charge < -0.3 is 14.8 Å². The van der Waals surface area contributed by atoms with Crippen LogP contribution in [0.25, 0.3) is 0 Å². The lowest BCUT2D eigenvalue weighted by molar-refractivity contribution is -0.122. The summed E-state index contributed by atoms with van der Waals surface area (Å²) >= 11 is 6.08. The van der Waals surface area contributed by atoms with E-state index >= 15 is 0 Å². The minimum Gasteiger partial charge on any atom is -0.491 e. The van der Waals surface area contributed by atoms with E-state index in [-0.39, 0.29) is 12.0 Å². The molecule has 0 saturated heterocycles. The second-order valence-corrected chi connectivity index (χ2v) is 6.03. The third kappa shape index (κ3) is 5.17. The highest BCUT2D eigenvalue weighted by molar-refractivity contribution is 6.32. The van der Waals surface area contributed by atoms with Crippen LogP contribution in [0.3, 0.4) is 0 Å². The Morgan fingerprint density at radius 2 is 1.75 bits per heavy atom. The molecule has 1 atom stereocenters. The summed E-state index contributed by atoms with van der Waals surface area (Å²) < 4.78 is 11.3. The van der Waals surface area contributed by atoms with E-state index in [1.54, 1.807) is 24.3 Å². The fourth-order valence-electron chi connectivity index (χ4n) is 2.13. The predicted octanol–water partition coefficient (Wildman–Crippen LogP) is 4.92. The van der Waals surface area contributed by atoms with Gasteiger partial charge in [-0.1, -0.05) is 30.7 Å². The molecule has 1 N–H and O–H groups in total. The number of carbonyl (C=O) groups is 1. The van der Waals surface area contributed by atoms with Gasteiger partial charge in [0.15, 0.2) is 6.10 Å². The number of para-hydroxylation sites is 1. The summed E-state index contributed by atoms with van der Waals surface area (Å²) in [6.45, 7) is 5.82. The number of nitrogens with one attached hydrogen (secondary N) is 1. The Labute approximate surface area is 147 Å². The average molecular weight is 348 g/mol. The van der Waals surface area contributed by atoms with Crippen LogP contribution in [0.4, 0.5) is 5.69 Å². The highest BCUT2D eigenvalue weighted by Crippen LogP contribution is 2.25. The molecule has 0 heterocycles. The van der Waals surface area contributed by atoms with Gasteiger partial charge in [0.05, 0.1) is 11.1 Å². The first kappa shape index (κ1) is 18.1. The maximum atomic E-state index is 12.4. The molecule has 0 unspecified atom stereocenters. The Kier molecular flexibility index (Phi) is 6.50. The number of hydrogen-bond donors (Lipinski definition) is 1. The lowest BCUT2D eigenvalue weighted by Crippen LogP contribution is -2.32. The standard InChI is InChI=1S/C19H22ClNO3/c1-4-17(24-18-8-6-5-7-16(18)20)19(22)21-14-9-11-15(12-10-14)23-13(2)3/h5-13,17H,4H2,1-3H3,(H,21,22)/t17-/m0/s1. The number of carbonyl (C=O) groups excluding carboxylic acids is 1. The van der Waals surface area contributed by atoms with E-state index < -0.39 is 6.10 Å². The first-order valence-corrected chi connectivity index (χ1v) is 8.36. The van der Waals surface area contributed by atoms with E-state index in [9.17, 15) is 4.79 Å². The molecular weight excluding hydrogens is 326 g/mol.